The zero-order valence-corrected chi connectivity index (χ0v) is 50.9. The summed E-state index contributed by atoms with van der Waals surface area (Å²) in [5.74, 6) is -2.35. The number of carboxylic acids is 1. The highest BCUT2D eigenvalue weighted by Gasteiger charge is 2.22. The van der Waals surface area contributed by atoms with Gasteiger partial charge in [-0.3, -0.25) is 9.59 Å². The molecule has 79 heavy (non-hydrogen) atoms. The van der Waals surface area contributed by atoms with Gasteiger partial charge in [-0.2, -0.15) is 0 Å². The molecule has 0 N–H and O–H groups in total. The maximum atomic E-state index is 12.9. The molecule has 2 atom stereocenters. The maximum absolute atomic E-state index is 12.9. The molecule has 0 fully saturated rings. The Morgan fingerprint density at radius 1 is 0.380 bits per heavy atom. The lowest BCUT2D eigenvalue weighted by Crippen LogP contribution is -2.44. The van der Waals surface area contributed by atoms with Gasteiger partial charge in [0.15, 0.2) is 12.4 Å². The fourth-order valence-electron chi connectivity index (χ4n) is 8.15. The first-order chi connectivity index (χ1) is 38.6. The third kappa shape index (κ3) is 60.9. The number of hydrogen-bond donors (Lipinski definition) is 0. The molecule has 0 bridgehead atoms. The Morgan fingerprint density at radius 3 is 1.04 bits per heavy atom. The van der Waals surface area contributed by atoms with E-state index < -0.39 is 30.3 Å². The lowest BCUT2D eigenvalue weighted by Gasteiger charge is -2.26. The fourth-order valence-corrected chi connectivity index (χ4v) is 8.15. The van der Waals surface area contributed by atoms with Crippen LogP contribution in [-0.2, 0) is 33.3 Å². The number of allylic oxidation sites excluding steroid dienone is 22. The highest BCUT2D eigenvalue weighted by Crippen LogP contribution is 2.16. The summed E-state index contributed by atoms with van der Waals surface area (Å²) in [6, 6.07) is 0. The first-order valence-corrected chi connectivity index (χ1v) is 31.3. The lowest BCUT2D eigenvalue weighted by molar-refractivity contribution is -0.870. The summed E-state index contributed by atoms with van der Waals surface area (Å²) in [5, 5.41) is 11.8. The highest BCUT2D eigenvalue weighted by atomic mass is 16.7. The van der Waals surface area contributed by atoms with Crippen LogP contribution in [0, 0.1) is 0 Å². The Kier molecular flexibility index (Phi) is 56.1. The summed E-state index contributed by atoms with van der Waals surface area (Å²) in [6.45, 7) is 4.46. The molecular formula is C70H115NO8. The van der Waals surface area contributed by atoms with E-state index in [-0.39, 0.29) is 32.7 Å². The average molecular weight is 1100 g/mol. The molecular weight excluding hydrogens is 983 g/mol. The van der Waals surface area contributed by atoms with E-state index in [4.69, 9.17) is 18.9 Å². The molecule has 0 heterocycles. The topological polar surface area (TPSA) is 111 Å². The Morgan fingerprint density at radius 2 is 0.684 bits per heavy atom. The van der Waals surface area contributed by atoms with Crippen LogP contribution in [0.4, 0.5) is 0 Å². The van der Waals surface area contributed by atoms with Crippen molar-refractivity contribution in [2.75, 3.05) is 47.5 Å². The van der Waals surface area contributed by atoms with Gasteiger partial charge < -0.3 is 33.3 Å². The van der Waals surface area contributed by atoms with Crippen LogP contribution in [-0.4, -0.2) is 82.3 Å². The highest BCUT2D eigenvalue weighted by molar-refractivity contribution is 5.70. The van der Waals surface area contributed by atoms with Gasteiger partial charge in [0.25, 0.3) is 0 Å². The summed E-state index contributed by atoms with van der Waals surface area (Å²) >= 11 is 0. The minimum atomic E-state index is -1.64. The minimum Gasteiger partial charge on any atom is -0.545 e. The first-order valence-electron chi connectivity index (χ1n) is 31.3. The van der Waals surface area contributed by atoms with Crippen LogP contribution in [0.2, 0.25) is 0 Å². The number of unbranched alkanes of at least 4 members (excludes halogenated alkanes) is 19. The first kappa shape index (κ1) is 74.4. The third-order valence-corrected chi connectivity index (χ3v) is 12.9. The van der Waals surface area contributed by atoms with Gasteiger partial charge in [0.05, 0.1) is 40.3 Å². The van der Waals surface area contributed by atoms with Gasteiger partial charge >= 0.3 is 11.9 Å². The largest absolute Gasteiger partial charge is 0.545 e. The van der Waals surface area contributed by atoms with Crippen molar-refractivity contribution in [2.45, 2.75) is 245 Å². The van der Waals surface area contributed by atoms with Gasteiger partial charge in [0.2, 0.25) is 0 Å². The van der Waals surface area contributed by atoms with Gasteiger partial charge in [-0.15, -0.1) is 0 Å². The van der Waals surface area contributed by atoms with Gasteiger partial charge in [0, 0.05) is 12.8 Å². The quantitative estimate of drug-likeness (QED) is 0.0195. The van der Waals surface area contributed by atoms with E-state index in [2.05, 4.69) is 148 Å². The molecule has 9 heteroatoms. The van der Waals surface area contributed by atoms with E-state index >= 15 is 0 Å². The van der Waals surface area contributed by atoms with E-state index in [0.29, 0.717) is 23.9 Å². The number of rotatable bonds is 56. The maximum Gasteiger partial charge on any atom is 0.306 e. The van der Waals surface area contributed by atoms with Crippen molar-refractivity contribution in [3.8, 4) is 0 Å². The molecule has 0 radical (unpaired) electrons. The van der Waals surface area contributed by atoms with Crippen molar-refractivity contribution in [3.05, 3.63) is 134 Å². The number of nitrogens with zero attached hydrogens (tertiary/aromatic N) is 1. The molecule has 9 nitrogen and oxygen atoms in total. The number of hydrogen-bond acceptors (Lipinski definition) is 8. The van der Waals surface area contributed by atoms with Crippen LogP contribution in [0.1, 0.15) is 232 Å². The Balaban J connectivity index is 4.09. The molecule has 0 amide bonds. The van der Waals surface area contributed by atoms with E-state index in [0.717, 1.165) is 103 Å². The van der Waals surface area contributed by atoms with Crippen LogP contribution in [0.3, 0.4) is 0 Å². The molecule has 0 saturated carbocycles. The van der Waals surface area contributed by atoms with E-state index in [1.807, 2.05) is 21.1 Å². The normalized spacial score (nSPS) is 13.7. The number of ether oxygens (including phenoxy) is 4. The molecule has 448 valence electrons. The third-order valence-electron chi connectivity index (χ3n) is 12.9. The van der Waals surface area contributed by atoms with E-state index in [1.54, 1.807) is 0 Å². The Bertz CT molecular complexity index is 1750. The monoisotopic (exact) mass is 1100 g/mol. The number of carboxylic acid groups (broad SMARTS) is 1. The molecule has 0 aliphatic rings. The van der Waals surface area contributed by atoms with Gasteiger partial charge in [-0.1, -0.05) is 244 Å². The molecule has 0 rings (SSSR count). The summed E-state index contributed by atoms with van der Waals surface area (Å²) in [4.78, 5) is 37.3. The fraction of sp³-hybridized carbons (Fsp3) is 0.643. The molecule has 0 aliphatic carbocycles. The molecule has 0 aliphatic heterocycles. The molecule has 0 saturated heterocycles. The Hall–Kier alpha value is -4.57. The average Bonchev–Trinajstić information content (AvgIpc) is 3.42. The van der Waals surface area contributed by atoms with Crippen LogP contribution >= 0.6 is 0 Å². The summed E-state index contributed by atoms with van der Waals surface area (Å²) in [6.07, 6.45) is 82.5. The van der Waals surface area contributed by atoms with Crippen LogP contribution < -0.4 is 5.11 Å². The van der Waals surface area contributed by atoms with Crippen LogP contribution in [0.5, 0.6) is 0 Å². The molecule has 0 aromatic carbocycles. The number of carbonyl (C=O) groups is 3. The van der Waals surface area contributed by atoms with Crippen LogP contribution in [0.25, 0.3) is 0 Å². The number of aliphatic carboxylic acids is 1. The zero-order chi connectivity index (χ0) is 57.6. The standard InChI is InChI=1S/C70H115NO8/c1-6-8-10-12-14-16-18-20-22-23-24-25-26-27-28-29-30-31-32-33-34-35-36-37-38-39-40-41-42-43-44-45-47-49-51-53-55-57-59-61-68(73)79-66(65-78-70(69(74)75)76-63-62-71(3,4)5)64-77-67(72)60-58-56-54-52-50-48-46-21-19-17-15-13-11-9-7-2/h8-11,14-17,20-22,24-25,27-28,30-31,33-34,46,50,52,66,70H,6-7,12-13,18-19,23,26,29,32,35-45,47-49,51,53-65H2,1-5H3/b10-8-,11-9-,16-14-,17-15-,22-20-,25-24-,28-27-,31-30-,34-33-,46-21-,52-50-. The number of carbonyl (C=O) groups excluding carboxylic acids is 3. The van der Waals surface area contributed by atoms with Crippen LogP contribution in [0.15, 0.2) is 134 Å². The molecule has 0 aromatic rings. The smallest absolute Gasteiger partial charge is 0.306 e. The van der Waals surface area contributed by atoms with Crippen molar-refractivity contribution in [3.63, 3.8) is 0 Å². The van der Waals surface area contributed by atoms with Crippen molar-refractivity contribution < 1.29 is 42.9 Å². The predicted octanol–water partition coefficient (Wildman–Crippen LogP) is 17.7. The van der Waals surface area contributed by atoms with Crippen molar-refractivity contribution in [1.29, 1.82) is 0 Å². The lowest BCUT2D eigenvalue weighted by atomic mass is 10.0. The van der Waals surface area contributed by atoms with Gasteiger partial charge in [0.1, 0.15) is 13.2 Å². The number of likely N-dealkylation sites (N-methyl/N-ethyl adjacent to an activating group) is 1. The van der Waals surface area contributed by atoms with E-state index in [9.17, 15) is 19.5 Å². The second-order valence-electron chi connectivity index (χ2n) is 21.6. The minimum absolute atomic E-state index is 0.136. The molecule has 0 spiro atoms. The number of esters is 2. The summed E-state index contributed by atoms with van der Waals surface area (Å²) in [5.41, 5.74) is 0. The van der Waals surface area contributed by atoms with Crippen molar-refractivity contribution in [2.24, 2.45) is 0 Å². The summed E-state index contributed by atoms with van der Waals surface area (Å²) in [7, 11) is 5.90. The van der Waals surface area contributed by atoms with Crippen molar-refractivity contribution in [1.82, 2.24) is 0 Å². The zero-order valence-electron chi connectivity index (χ0n) is 50.9. The Labute approximate surface area is 484 Å². The second-order valence-corrected chi connectivity index (χ2v) is 21.6. The molecule has 0 aromatic heterocycles. The second kappa shape index (κ2) is 59.5. The van der Waals surface area contributed by atoms with Crippen molar-refractivity contribution >= 4 is 17.9 Å². The van der Waals surface area contributed by atoms with E-state index in [1.165, 1.54) is 89.9 Å². The SMILES string of the molecule is CC/C=C\C/C=C\C/C=C\C/C=C\C/C=C\C/C=C\C/C=C\CCCCCCCCCCCCCCCCCCCC(=O)OC(COC(=O)CCCC/C=C\C/C=C\C/C=C\C/C=C\CC)COC(OCC[N+](C)(C)C)C(=O)[O-]. The molecule has 2 unspecified atom stereocenters. The predicted molar refractivity (Wildman–Crippen MR) is 333 cm³/mol. The summed E-state index contributed by atoms with van der Waals surface area (Å²) < 4.78 is 22.6. The number of quaternary nitrogens is 1. The van der Waals surface area contributed by atoms with Gasteiger partial charge in [-0.05, 0) is 109 Å². The van der Waals surface area contributed by atoms with Gasteiger partial charge in [-0.25, -0.2) is 0 Å².